The Morgan fingerprint density at radius 2 is 2.06 bits per heavy atom. The summed E-state index contributed by atoms with van der Waals surface area (Å²) >= 11 is 0. The third-order valence-corrected chi connectivity index (χ3v) is 3.88. The topological polar surface area (TPSA) is 15.3 Å². The predicted octanol–water partition coefficient (Wildman–Crippen LogP) is 2.36. The minimum atomic E-state index is 0.470. The Hall–Kier alpha value is -0.520. The van der Waals surface area contributed by atoms with E-state index >= 15 is 0 Å². The first-order valence-corrected chi connectivity index (χ1v) is 6.90. The lowest BCUT2D eigenvalue weighted by atomic mass is 9.77. The fourth-order valence-electron chi connectivity index (χ4n) is 2.64. The van der Waals surface area contributed by atoms with Gasteiger partial charge in [0.05, 0.1) is 6.54 Å². The van der Waals surface area contributed by atoms with E-state index in [-0.39, 0.29) is 0 Å². The van der Waals surface area contributed by atoms with E-state index in [4.69, 9.17) is 6.42 Å². The molecule has 1 rings (SSSR count). The van der Waals surface area contributed by atoms with Crippen molar-refractivity contribution in [2.75, 3.05) is 32.7 Å². The molecular weight excluding hydrogens is 208 g/mol. The molecule has 1 fully saturated rings. The molecule has 1 atom stereocenters. The SMILES string of the molecule is C#CCNCCN1CCCC(C(C)(C)C)CC1. The second kappa shape index (κ2) is 7.03. The molecule has 1 aliphatic rings. The third-order valence-electron chi connectivity index (χ3n) is 3.88. The van der Waals surface area contributed by atoms with E-state index in [1.54, 1.807) is 0 Å². The highest BCUT2D eigenvalue weighted by Crippen LogP contribution is 2.34. The molecule has 1 saturated heterocycles. The van der Waals surface area contributed by atoms with Gasteiger partial charge in [-0.05, 0) is 43.7 Å². The molecule has 0 amide bonds. The monoisotopic (exact) mass is 236 g/mol. The van der Waals surface area contributed by atoms with Gasteiger partial charge in [0.25, 0.3) is 0 Å². The smallest absolute Gasteiger partial charge is 0.0574 e. The highest BCUT2D eigenvalue weighted by atomic mass is 15.1. The van der Waals surface area contributed by atoms with Crippen molar-refractivity contribution in [1.82, 2.24) is 10.2 Å². The average molecular weight is 236 g/mol. The number of likely N-dealkylation sites (tertiary alicyclic amines) is 1. The molecule has 0 aromatic carbocycles. The van der Waals surface area contributed by atoms with Crippen molar-refractivity contribution < 1.29 is 0 Å². The highest BCUT2D eigenvalue weighted by Gasteiger charge is 2.26. The summed E-state index contributed by atoms with van der Waals surface area (Å²) in [4.78, 5) is 2.58. The molecule has 0 aliphatic carbocycles. The molecule has 0 spiro atoms. The number of hydrogen-bond donors (Lipinski definition) is 1. The Labute approximate surface area is 107 Å². The number of nitrogens with one attached hydrogen (secondary N) is 1. The Balaban J connectivity index is 2.26. The normalized spacial score (nSPS) is 23.1. The van der Waals surface area contributed by atoms with Gasteiger partial charge in [0.15, 0.2) is 0 Å². The van der Waals surface area contributed by atoms with Crippen LogP contribution in [-0.2, 0) is 0 Å². The fraction of sp³-hybridized carbons (Fsp3) is 0.867. The first-order valence-electron chi connectivity index (χ1n) is 6.90. The van der Waals surface area contributed by atoms with Crippen molar-refractivity contribution in [3.8, 4) is 12.3 Å². The molecule has 0 saturated carbocycles. The zero-order valence-corrected chi connectivity index (χ0v) is 11.8. The second-order valence-corrected chi connectivity index (χ2v) is 6.22. The van der Waals surface area contributed by atoms with Crippen molar-refractivity contribution in [2.24, 2.45) is 11.3 Å². The van der Waals surface area contributed by atoms with Crippen LogP contribution in [0.25, 0.3) is 0 Å². The van der Waals surface area contributed by atoms with Crippen LogP contribution in [0.5, 0.6) is 0 Å². The molecule has 98 valence electrons. The van der Waals surface area contributed by atoms with Gasteiger partial charge in [-0.15, -0.1) is 6.42 Å². The van der Waals surface area contributed by atoms with Crippen LogP contribution in [0.2, 0.25) is 0 Å². The molecule has 0 bridgehead atoms. The van der Waals surface area contributed by atoms with Crippen LogP contribution in [0.4, 0.5) is 0 Å². The van der Waals surface area contributed by atoms with E-state index in [0.717, 1.165) is 19.0 Å². The Morgan fingerprint density at radius 1 is 1.29 bits per heavy atom. The number of hydrogen-bond acceptors (Lipinski definition) is 2. The minimum Gasteiger partial charge on any atom is -0.305 e. The first kappa shape index (κ1) is 14.5. The van der Waals surface area contributed by atoms with Crippen molar-refractivity contribution in [3.05, 3.63) is 0 Å². The zero-order chi connectivity index (χ0) is 12.7. The second-order valence-electron chi connectivity index (χ2n) is 6.22. The summed E-state index contributed by atoms with van der Waals surface area (Å²) < 4.78 is 0. The van der Waals surface area contributed by atoms with E-state index in [1.807, 2.05) is 0 Å². The predicted molar refractivity (Wildman–Crippen MR) is 74.9 cm³/mol. The molecule has 1 N–H and O–H groups in total. The number of terminal acetylenes is 1. The maximum absolute atomic E-state index is 5.21. The Kier molecular flexibility index (Phi) is 6.02. The summed E-state index contributed by atoms with van der Waals surface area (Å²) in [5, 5.41) is 3.27. The lowest BCUT2D eigenvalue weighted by Gasteiger charge is -2.29. The lowest BCUT2D eigenvalue weighted by Crippen LogP contribution is -2.33. The van der Waals surface area contributed by atoms with Crippen LogP contribution in [0.1, 0.15) is 40.0 Å². The molecule has 2 heteroatoms. The largest absolute Gasteiger partial charge is 0.305 e. The fourth-order valence-corrected chi connectivity index (χ4v) is 2.64. The van der Waals surface area contributed by atoms with Crippen molar-refractivity contribution in [2.45, 2.75) is 40.0 Å². The summed E-state index contributed by atoms with van der Waals surface area (Å²) in [6.07, 6.45) is 9.29. The van der Waals surface area contributed by atoms with E-state index < -0.39 is 0 Å². The van der Waals surface area contributed by atoms with Gasteiger partial charge in [-0.1, -0.05) is 26.7 Å². The van der Waals surface area contributed by atoms with Gasteiger partial charge in [0, 0.05) is 13.1 Å². The Morgan fingerprint density at radius 3 is 2.71 bits per heavy atom. The zero-order valence-electron chi connectivity index (χ0n) is 11.8. The minimum absolute atomic E-state index is 0.470. The molecule has 0 aromatic rings. The maximum atomic E-state index is 5.21. The molecule has 1 unspecified atom stereocenters. The quantitative estimate of drug-likeness (QED) is 0.595. The van der Waals surface area contributed by atoms with E-state index in [0.29, 0.717) is 12.0 Å². The summed E-state index contributed by atoms with van der Waals surface area (Å²) in [7, 11) is 0. The van der Waals surface area contributed by atoms with Crippen LogP contribution in [0.15, 0.2) is 0 Å². The van der Waals surface area contributed by atoms with E-state index in [2.05, 4.69) is 36.9 Å². The van der Waals surface area contributed by atoms with Gasteiger partial charge in [-0.3, -0.25) is 0 Å². The molecule has 1 heterocycles. The summed E-state index contributed by atoms with van der Waals surface area (Å²) in [5.41, 5.74) is 0.470. The van der Waals surface area contributed by atoms with Gasteiger partial charge in [0.1, 0.15) is 0 Å². The standard InChI is InChI=1S/C15H28N2/c1-5-9-16-10-13-17-11-6-7-14(8-12-17)15(2,3)4/h1,14,16H,6-13H2,2-4H3. The van der Waals surface area contributed by atoms with Gasteiger partial charge < -0.3 is 10.2 Å². The Bertz CT molecular complexity index is 247. The molecule has 2 nitrogen and oxygen atoms in total. The first-order chi connectivity index (χ1) is 8.04. The van der Waals surface area contributed by atoms with Gasteiger partial charge in [0.2, 0.25) is 0 Å². The van der Waals surface area contributed by atoms with E-state index in [9.17, 15) is 0 Å². The van der Waals surface area contributed by atoms with Gasteiger partial charge in [-0.25, -0.2) is 0 Å². The van der Waals surface area contributed by atoms with Crippen LogP contribution in [0, 0.1) is 23.7 Å². The third kappa shape index (κ3) is 5.57. The average Bonchev–Trinajstić information content (AvgIpc) is 2.49. The summed E-state index contributed by atoms with van der Waals surface area (Å²) in [6, 6.07) is 0. The van der Waals surface area contributed by atoms with Crippen molar-refractivity contribution >= 4 is 0 Å². The summed E-state index contributed by atoms with van der Waals surface area (Å²) in [5.74, 6) is 3.50. The highest BCUT2D eigenvalue weighted by molar-refractivity contribution is 4.86. The van der Waals surface area contributed by atoms with Gasteiger partial charge in [-0.2, -0.15) is 0 Å². The molecule has 1 aliphatic heterocycles. The number of nitrogens with zero attached hydrogens (tertiary/aromatic N) is 1. The molecular formula is C15H28N2. The van der Waals surface area contributed by atoms with Crippen LogP contribution >= 0.6 is 0 Å². The van der Waals surface area contributed by atoms with Crippen LogP contribution in [-0.4, -0.2) is 37.6 Å². The van der Waals surface area contributed by atoms with Gasteiger partial charge >= 0.3 is 0 Å². The maximum Gasteiger partial charge on any atom is 0.0574 e. The number of rotatable bonds is 4. The molecule has 17 heavy (non-hydrogen) atoms. The van der Waals surface area contributed by atoms with Crippen molar-refractivity contribution in [3.63, 3.8) is 0 Å². The summed E-state index contributed by atoms with van der Waals surface area (Å²) in [6.45, 7) is 12.5. The van der Waals surface area contributed by atoms with Crippen LogP contribution in [0.3, 0.4) is 0 Å². The van der Waals surface area contributed by atoms with Crippen LogP contribution < -0.4 is 5.32 Å². The van der Waals surface area contributed by atoms with Crippen molar-refractivity contribution in [1.29, 1.82) is 0 Å². The molecule has 0 radical (unpaired) electrons. The van der Waals surface area contributed by atoms with E-state index in [1.165, 1.54) is 32.4 Å². The lowest BCUT2D eigenvalue weighted by molar-refractivity contribution is 0.208. The molecule has 0 aromatic heterocycles.